The standard InChI is InChI=1S/C27H33ClN4O5S/c1-18(17-33)29-27(35)30(2)16-23-22-7-4-5-8-25(22)32(26(23)34)15-21-14-19-13-20(28)9-10-24(19)31(21)11-6-12-38(3,36)37/h4-5,7-10,13-14,18,23,33H,6,11-12,15-17H2,1-3H3,(H,29,35). The lowest BCUT2D eigenvalue weighted by atomic mass is 10.0. The zero-order chi connectivity index (χ0) is 27.6. The van der Waals surface area contributed by atoms with E-state index in [-0.39, 0.29) is 37.4 Å². The first-order valence-corrected chi connectivity index (χ1v) is 14.9. The SMILES string of the molecule is CC(CO)NC(=O)N(C)CC1C(=O)N(Cc2cc3cc(Cl)ccc3n2CCCS(C)(=O)=O)c2ccccc21. The number of sulfone groups is 1. The summed E-state index contributed by atoms with van der Waals surface area (Å²) >= 11 is 6.23. The minimum Gasteiger partial charge on any atom is -0.394 e. The van der Waals surface area contributed by atoms with Crippen LogP contribution in [0.4, 0.5) is 10.5 Å². The molecule has 0 aliphatic carbocycles. The Kier molecular flexibility index (Phi) is 8.34. The van der Waals surface area contributed by atoms with Gasteiger partial charge in [-0.1, -0.05) is 29.8 Å². The molecular weight excluding hydrogens is 528 g/mol. The number of hydrogen-bond donors (Lipinski definition) is 2. The maximum atomic E-state index is 13.7. The molecule has 2 N–H and O–H groups in total. The van der Waals surface area contributed by atoms with Gasteiger partial charge in [-0.3, -0.25) is 4.79 Å². The molecule has 1 aliphatic heterocycles. The van der Waals surface area contributed by atoms with Crippen LogP contribution >= 0.6 is 11.6 Å². The third-order valence-corrected chi connectivity index (χ3v) is 8.05. The number of anilines is 1. The summed E-state index contributed by atoms with van der Waals surface area (Å²) in [7, 11) is -1.48. The number of hydrogen-bond acceptors (Lipinski definition) is 5. The predicted molar refractivity (Wildman–Crippen MR) is 149 cm³/mol. The van der Waals surface area contributed by atoms with Gasteiger partial charge in [-0.2, -0.15) is 0 Å². The van der Waals surface area contributed by atoms with Crippen LogP contribution in [0, 0.1) is 0 Å². The number of rotatable bonds is 10. The minimum absolute atomic E-state index is 0.0660. The minimum atomic E-state index is -3.11. The molecule has 3 amide bonds. The van der Waals surface area contributed by atoms with Crippen molar-refractivity contribution in [3.8, 4) is 0 Å². The fourth-order valence-corrected chi connectivity index (χ4v) is 5.71. The zero-order valence-corrected chi connectivity index (χ0v) is 23.3. The number of benzene rings is 2. The summed E-state index contributed by atoms with van der Waals surface area (Å²) in [5.74, 6) is -0.591. The highest BCUT2D eigenvalue weighted by molar-refractivity contribution is 7.90. The molecule has 0 bridgehead atoms. The van der Waals surface area contributed by atoms with Crippen molar-refractivity contribution in [3.05, 3.63) is 64.8 Å². The molecule has 2 heterocycles. The van der Waals surface area contributed by atoms with Crippen LogP contribution in [-0.4, -0.2) is 73.2 Å². The van der Waals surface area contributed by atoms with Crippen LogP contribution < -0.4 is 10.2 Å². The van der Waals surface area contributed by atoms with Crippen LogP contribution in [0.1, 0.15) is 30.5 Å². The summed E-state index contributed by atoms with van der Waals surface area (Å²) < 4.78 is 25.5. The summed E-state index contributed by atoms with van der Waals surface area (Å²) in [5, 5.41) is 13.5. The van der Waals surface area contributed by atoms with Gasteiger partial charge in [-0.25, -0.2) is 13.2 Å². The second-order valence-electron chi connectivity index (χ2n) is 9.92. The van der Waals surface area contributed by atoms with Crippen molar-refractivity contribution in [2.24, 2.45) is 0 Å². The number of aliphatic hydroxyl groups is 1. The van der Waals surface area contributed by atoms with Crippen LogP contribution in [0.25, 0.3) is 10.9 Å². The van der Waals surface area contributed by atoms with Gasteiger partial charge in [0.15, 0.2) is 0 Å². The number of nitrogens with one attached hydrogen (secondary N) is 1. The molecule has 38 heavy (non-hydrogen) atoms. The van der Waals surface area contributed by atoms with Gasteiger partial charge < -0.3 is 24.8 Å². The quantitative estimate of drug-likeness (QED) is 0.395. The number of fused-ring (bicyclic) bond motifs is 2. The van der Waals surface area contributed by atoms with Crippen molar-refractivity contribution in [2.75, 3.05) is 37.1 Å². The fourth-order valence-electron chi connectivity index (χ4n) is 4.87. The van der Waals surface area contributed by atoms with Gasteiger partial charge in [0.25, 0.3) is 0 Å². The number of aromatic nitrogens is 1. The number of carbonyl (C=O) groups excluding carboxylic acids is 2. The lowest BCUT2D eigenvalue weighted by molar-refractivity contribution is -0.119. The molecule has 9 nitrogen and oxygen atoms in total. The molecule has 2 unspecified atom stereocenters. The Balaban J connectivity index is 1.62. The van der Waals surface area contributed by atoms with Crippen LogP contribution in [0.3, 0.4) is 0 Å². The van der Waals surface area contributed by atoms with Crippen LogP contribution in [0.5, 0.6) is 0 Å². The number of urea groups is 1. The third-order valence-electron chi connectivity index (χ3n) is 6.78. The molecule has 0 fully saturated rings. The molecule has 204 valence electrons. The molecule has 11 heteroatoms. The molecule has 3 aromatic rings. The van der Waals surface area contributed by atoms with Gasteiger partial charge in [-0.05, 0) is 49.2 Å². The number of para-hydroxylation sites is 1. The van der Waals surface area contributed by atoms with Crippen LogP contribution in [0.2, 0.25) is 5.02 Å². The zero-order valence-electron chi connectivity index (χ0n) is 21.7. The van der Waals surface area contributed by atoms with Gasteiger partial charge in [0.05, 0.1) is 30.9 Å². The smallest absolute Gasteiger partial charge is 0.317 e. The summed E-state index contributed by atoms with van der Waals surface area (Å²) in [6, 6.07) is 14.3. The van der Waals surface area contributed by atoms with Gasteiger partial charge in [0.2, 0.25) is 5.91 Å². The van der Waals surface area contributed by atoms with E-state index in [9.17, 15) is 23.1 Å². The number of nitrogens with zero attached hydrogens (tertiary/aromatic N) is 3. The lowest BCUT2D eigenvalue weighted by Crippen LogP contribution is -2.45. The van der Waals surface area contributed by atoms with Crippen molar-refractivity contribution in [1.29, 1.82) is 0 Å². The summed E-state index contributed by atoms with van der Waals surface area (Å²) in [6.07, 6.45) is 1.67. The molecule has 0 radical (unpaired) electrons. The average Bonchev–Trinajstić information content (AvgIpc) is 3.32. The van der Waals surface area contributed by atoms with Crippen molar-refractivity contribution < 1.29 is 23.1 Å². The summed E-state index contributed by atoms with van der Waals surface area (Å²) in [6.45, 7) is 2.47. The number of aliphatic hydroxyl groups excluding tert-OH is 1. The van der Waals surface area contributed by atoms with Gasteiger partial charge in [0.1, 0.15) is 9.84 Å². The Bertz CT molecular complexity index is 1450. The van der Waals surface area contributed by atoms with Gasteiger partial charge in [-0.15, -0.1) is 0 Å². The molecule has 0 saturated heterocycles. The molecule has 0 saturated carbocycles. The van der Waals surface area contributed by atoms with Crippen LogP contribution in [-0.2, 0) is 27.7 Å². The molecule has 0 spiro atoms. The largest absolute Gasteiger partial charge is 0.394 e. The van der Waals surface area contributed by atoms with Gasteiger partial charge in [0, 0.05) is 53.7 Å². The maximum Gasteiger partial charge on any atom is 0.317 e. The van der Waals surface area contributed by atoms with E-state index in [1.165, 1.54) is 11.2 Å². The van der Waals surface area contributed by atoms with Crippen molar-refractivity contribution in [2.45, 2.75) is 38.4 Å². The Labute approximate surface area is 227 Å². The summed E-state index contributed by atoms with van der Waals surface area (Å²) in [5.41, 5.74) is 3.41. The third kappa shape index (κ3) is 6.14. The van der Waals surface area contributed by atoms with Gasteiger partial charge >= 0.3 is 6.03 Å². The molecule has 1 aliphatic rings. The Morgan fingerprint density at radius 1 is 1.21 bits per heavy atom. The second kappa shape index (κ2) is 11.3. The van der Waals surface area contributed by atoms with E-state index in [1.807, 2.05) is 42.5 Å². The van der Waals surface area contributed by atoms with E-state index < -0.39 is 21.8 Å². The second-order valence-corrected chi connectivity index (χ2v) is 12.6. The number of likely N-dealkylation sites (N-methyl/N-ethyl adjacent to an activating group) is 1. The lowest BCUT2D eigenvalue weighted by Gasteiger charge is -2.24. The van der Waals surface area contributed by atoms with E-state index >= 15 is 0 Å². The van der Waals surface area contributed by atoms with E-state index in [4.69, 9.17) is 11.6 Å². The first kappa shape index (κ1) is 27.9. The number of carbonyl (C=O) groups is 2. The first-order chi connectivity index (χ1) is 18.0. The van der Waals surface area contributed by atoms with Crippen molar-refractivity contribution >= 4 is 50.0 Å². The fraction of sp³-hybridized carbons (Fsp3) is 0.407. The van der Waals surface area contributed by atoms with Crippen molar-refractivity contribution in [1.82, 2.24) is 14.8 Å². The highest BCUT2D eigenvalue weighted by atomic mass is 35.5. The number of halogens is 1. The molecular formula is C27H33ClN4O5S. The van der Waals surface area contributed by atoms with Crippen molar-refractivity contribution in [3.63, 3.8) is 0 Å². The first-order valence-electron chi connectivity index (χ1n) is 12.5. The highest BCUT2D eigenvalue weighted by Crippen LogP contribution is 2.39. The molecule has 2 aromatic carbocycles. The Morgan fingerprint density at radius 2 is 1.95 bits per heavy atom. The number of aryl methyl sites for hydroxylation is 1. The Hall–Kier alpha value is -3.08. The molecule has 1 aromatic heterocycles. The van der Waals surface area contributed by atoms with E-state index in [1.54, 1.807) is 24.9 Å². The maximum absolute atomic E-state index is 13.7. The van der Waals surface area contributed by atoms with E-state index in [0.717, 1.165) is 27.8 Å². The number of amides is 3. The summed E-state index contributed by atoms with van der Waals surface area (Å²) in [4.78, 5) is 29.5. The van der Waals surface area contributed by atoms with Crippen LogP contribution in [0.15, 0.2) is 48.5 Å². The topological polar surface area (TPSA) is 112 Å². The van der Waals surface area contributed by atoms with E-state index in [2.05, 4.69) is 9.88 Å². The average molecular weight is 561 g/mol. The molecule has 2 atom stereocenters. The highest BCUT2D eigenvalue weighted by Gasteiger charge is 2.38. The Morgan fingerprint density at radius 3 is 2.66 bits per heavy atom. The monoisotopic (exact) mass is 560 g/mol. The predicted octanol–water partition coefficient (Wildman–Crippen LogP) is 3.38. The normalized spacial score (nSPS) is 16.1. The van der Waals surface area contributed by atoms with E-state index in [0.29, 0.717) is 18.0 Å². The molecule has 4 rings (SSSR count).